The summed E-state index contributed by atoms with van der Waals surface area (Å²) in [5.74, 6) is 1.27. The number of sulfone groups is 1. The Morgan fingerprint density at radius 3 is 1.58 bits per heavy atom. The lowest BCUT2D eigenvalue weighted by atomic mass is 10.0. The van der Waals surface area contributed by atoms with E-state index in [1.807, 2.05) is 24.3 Å². The van der Waals surface area contributed by atoms with Crippen LogP contribution in [0.5, 0.6) is 11.5 Å². The third-order valence-corrected chi connectivity index (χ3v) is 20.3. The summed E-state index contributed by atoms with van der Waals surface area (Å²) < 4.78 is 90.7. The number of benzene rings is 4. The number of rotatable bonds is 35. The van der Waals surface area contributed by atoms with Crippen LogP contribution in [0.4, 0.5) is 4.79 Å². The van der Waals surface area contributed by atoms with Gasteiger partial charge in [0, 0.05) is 80.9 Å². The van der Waals surface area contributed by atoms with Gasteiger partial charge >= 0.3 is 6.03 Å². The number of likely N-dealkylation sites (tertiary alicyclic amines) is 2. The minimum atomic E-state index is -3.78. The molecule has 0 unspecified atom stereocenters. The van der Waals surface area contributed by atoms with Gasteiger partial charge in [-0.2, -0.15) is 0 Å². The topological polar surface area (TPSA) is 252 Å². The van der Waals surface area contributed by atoms with Gasteiger partial charge in [-0.1, -0.05) is 29.6 Å². The predicted molar refractivity (Wildman–Crippen MR) is 334 cm³/mol. The van der Waals surface area contributed by atoms with Crippen LogP contribution in [0, 0.1) is 13.8 Å². The molecular weight excluding hydrogens is 1180 g/mol. The van der Waals surface area contributed by atoms with Gasteiger partial charge < -0.3 is 50.5 Å². The lowest BCUT2D eigenvalue weighted by Gasteiger charge is -2.38. The Hall–Kier alpha value is -4.46. The highest BCUT2D eigenvalue weighted by atomic mass is 35.5. The fourth-order valence-corrected chi connectivity index (χ4v) is 15.0. The molecule has 19 nitrogen and oxygen atoms in total. The number of fused-ring (bicyclic) bond motifs is 2. The van der Waals surface area contributed by atoms with Crippen LogP contribution in [0.3, 0.4) is 0 Å². The van der Waals surface area contributed by atoms with E-state index in [0.29, 0.717) is 93.4 Å². The second-order valence-corrected chi connectivity index (χ2v) is 27.8. The Morgan fingerprint density at radius 1 is 0.570 bits per heavy atom. The summed E-state index contributed by atoms with van der Waals surface area (Å²) in [5.41, 5.74) is 19.6. The number of Topliss-reactive ketones (excluding diaryl/α,β-unsaturated/α-hetero) is 1. The van der Waals surface area contributed by atoms with Crippen molar-refractivity contribution in [3.63, 3.8) is 0 Å². The minimum Gasteiger partial charge on any atom is -0.484 e. The van der Waals surface area contributed by atoms with Crippen LogP contribution in [0.2, 0.25) is 10.0 Å². The van der Waals surface area contributed by atoms with Gasteiger partial charge in [0.15, 0.2) is 9.84 Å². The molecule has 474 valence electrons. The van der Waals surface area contributed by atoms with Crippen LogP contribution < -0.4 is 36.3 Å². The third kappa shape index (κ3) is 20.0. The molecule has 0 radical (unpaired) electrons. The van der Waals surface area contributed by atoms with Crippen molar-refractivity contribution >= 4 is 54.9 Å². The number of urea groups is 1. The van der Waals surface area contributed by atoms with Gasteiger partial charge in [0.05, 0.1) is 67.3 Å². The van der Waals surface area contributed by atoms with E-state index < -0.39 is 19.9 Å². The maximum atomic E-state index is 13.2. The summed E-state index contributed by atoms with van der Waals surface area (Å²) >= 11 is 13.0. The number of nitrogens with zero attached hydrogens (tertiary/aromatic N) is 2. The van der Waals surface area contributed by atoms with Crippen molar-refractivity contribution in [3.05, 3.63) is 116 Å². The number of hydrogen-bond donors (Lipinski definition) is 5. The number of carbonyl (C=O) groups is 2. The van der Waals surface area contributed by atoms with E-state index >= 15 is 0 Å². The number of amides is 2. The van der Waals surface area contributed by atoms with Gasteiger partial charge in [-0.15, -0.1) is 0 Å². The third-order valence-electron chi connectivity index (χ3n) is 16.5. The van der Waals surface area contributed by atoms with Crippen LogP contribution in [-0.4, -0.2) is 167 Å². The highest BCUT2D eigenvalue weighted by Crippen LogP contribution is 2.43. The molecule has 86 heavy (non-hydrogen) atoms. The number of nitrogens with one attached hydrogen (secondary N) is 3. The molecule has 2 saturated heterocycles. The van der Waals surface area contributed by atoms with Crippen molar-refractivity contribution in [1.29, 1.82) is 0 Å². The van der Waals surface area contributed by atoms with Gasteiger partial charge in [-0.3, -0.25) is 14.6 Å². The molecule has 0 bridgehead atoms. The number of piperidine rings is 2. The highest BCUT2D eigenvalue weighted by Gasteiger charge is 2.42. The normalized spacial score (nSPS) is 20.8. The van der Waals surface area contributed by atoms with Crippen LogP contribution in [-0.2, 0) is 56.4 Å². The van der Waals surface area contributed by atoms with Crippen molar-refractivity contribution < 1.29 is 54.8 Å². The molecule has 7 N–H and O–H groups in total. The van der Waals surface area contributed by atoms with Crippen molar-refractivity contribution in [2.24, 2.45) is 11.5 Å². The predicted octanol–water partition coefficient (Wildman–Crippen LogP) is 7.96. The smallest absolute Gasteiger partial charge is 0.314 e. The summed E-state index contributed by atoms with van der Waals surface area (Å²) in [6, 6.07) is 21.2. The average molecular weight is 1270 g/mol. The number of aryl methyl sites for hydroxylation is 2. The summed E-state index contributed by atoms with van der Waals surface area (Å²) in [7, 11) is -7.32. The van der Waals surface area contributed by atoms with Crippen LogP contribution in [0.1, 0.15) is 116 Å². The summed E-state index contributed by atoms with van der Waals surface area (Å²) in [6.07, 6.45) is 9.35. The maximum Gasteiger partial charge on any atom is 0.314 e. The van der Waals surface area contributed by atoms with Crippen LogP contribution >= 0.6 is 23.2 Å². The van der Waals surface area contributed by atoms with E-state index in [4.69, 9.17) is 63.1 Å². The Labute approximate surface area is 519 Å². The molecule has 2 aliphatic heterocycles. The van der Waals surface area contributed by atoms with E-state index in [-0.39, 0.29) is 90.1 Å². The molecule has 0 aromatic heterocycles. The molecule has 6 atom stereocenters. The minimum absolute atomic E-state index is 0.0605. The van der Waals surface area contributed by atoms with Crippen molar-refractivity contribution in [3.8, 4) is 11.5 Å². The number of ether oxygens (including phenoxy) is 6. The van der Waals surface area contributed by atoms with E-state index in [0.717, 1.165) is 106 Å². The van der Waals surface area contributed by atoms with Crippen molar-refractivity contribution in [1.82, 2.24) is 25.2 Å². The number of hydrogen-bond acceptors (Lipinski definition) is 16. The van der Waals surface area contributed by atoms with Gasteiger partial charge in [0.1, 0.15) is 29.5 Å². The molecule has 4 aliphatic rings. The molecule has 0 saturated carbocycles. The van der Waals surface area contributed by atoms with Crippen LogP contribution in [0.15, 0.2) is 82.6 Å². The number of sulfonamides is 1. The number of unbranched alkanes of at least 4 members (excludes halogenated alkanes) is 2. The zero-order chi connectivity index (χ0) is 61.1. The maximum absolute atomic E-state index is 13.2. The molecule has 0 spiro atoms. The fourth-order valence-electron chi connectivity index (χ4n) is 12.1. The number of carbonyl (C=O) groups excluding carboxylic acids is 2. The Bertz CT molecular complexity index is 2850. The zero-order valence-corrected chi connectivity index (χ0v) is 53.1. The van der Waals surface area contributed by atoms with Crippen molar-refractivity contribution in [2.45, 2.75) is 143 Å². The summed E-state index contributed by atoms with van der Waals surface area (Å²) in [5, 5.41) is 6.90. The molecule has 23 heteroatoms. The molecule has 2 fully saturated rings. The Morgan fingerprint density at radius 2 is 1.05 bits per heavy atom. The molecule has 2 heterocycles. The molecule has 4 aromatic rings. The SMILES string of the molecule is Cc1cc(Cl)cc2c1C[C@H](N1CCC[C@@H](N)C1)[C@H]2Oc1ccc(S(=O)(=O)CCCOCCOCCNC(=O)NCCCCCC(=O)CCCOCCOCCNS(=O)(=O)c2ccc(O[C@H]3c4cc(Cl)cc(C)c4C[C@@H]3N3CCC[C@@H](N)C3)cc2)cc1. The number of nitrogens with two attached hydrogens (primary N) is 2. The lowest BCUT2D eigenvalue weighted by molar-refractivity contribution is -0.119. The second-order valence-electron chi connectivity index (χ2n) is 23.1. The largest absolute Gasteiger partial charge is 0.484 e. The van der Waals surface area contributed by atoms with Crippen LogP contribution in [0.25, 0.3) is 0 Å². The first-order valence-corrected chi connectivity index (χ1v) is 34.5. The molecule has 8 rings (SSSR count). The Kier molecular flexibility index (Phi) is 26.2. The van der Waals surface area contributed by atoms with E-state index in [2.05, 4.69) is 39.0 Å². The lowest BCUT2D eigenvalue weighted by Crippen LogP contribution is -2.49. The fraction of sp³-hybridized carbons (Fsp3) is 0.587. The van der Waals surface area contributed by atoms with Gasteiger partial charge in [0.2, 0.25) is 10.0 Å². The first-order valence-electron chi connectivity index (χ1n) is 30.6. The molecule has 2 amide bonds. The number of halogens is 2. The van der Waals surface area contributed by atoms with E-state index in [1.165, 1.54) is 11.1 Å². The first kappa shape index (κ1) is 67.5. The van der Waals surface area contributed by atoms with Gasteiger partial charge in [-0.05, 0) is 197 Å². The van der Waals surface area contributed by atoms with E-state index in [9.17, 15) is 26.4 Å². The zero-order valence-electron chi connectivity index (χ0n) is 49.9. The summed E-state index contributed by atoms with van der Waals surface area (Å²) in [4.78, 5) is 29.8. The first-order chi connectivity index (χ1) is 41.4. The standard InChI is InChI=1S/C63H89Cl2N7O12S2/c1-44-36-46(64)38-57-55(44)40-59(71-25-6-10-48(66)42-71)61(57)83-51-14-18-53(19-15-51)85(75,76)35-9-28-80-32-33-81-29-23-69-63(74)68-22-5-3-4-12-50(73)13-8-27-79-31-34-82-30-24-70-86(77,78)54-20-16-52(17-21-54)84-62-58-39-47(65)37-45(2)56(58)41-60(62)72-26-7-11-49(67)43-72/h14-21,36-39,48-49,59-62,70H,3-13,22-35,40-43,66-67H2,1-2H3,(H2,68,69,74)/t48-,49-,59+,60+,61+,62+/m1/s1. The molecular formula is C63H89Cl2N7O12S2. The Balaban J connectivity index is 0.581. The highest BCUT2D eigenvalue weighted by molar-refractivity contribution is 7.91. The average Bonchev–Trinajstić information content (AvgIpc) is 1.88. The quantitative estimate of drug-likeness (QED) is 0.0274. The van der Waals surface area contributed by atoms with E-state index in [1.54, 1.807) is 48.5 Å². The summed E-state index contributed by atoms with van der Waals surface area (Å²) in [6.45, 7) is 10.9. The van der Waals surface area contributed by atoms with Gasteiger partial charge in [0.25, 0.3) is 0 Å². The molecule has 4 aromatic carbocycles. The van der Waals surface area contributed by atoms with Gasteiger partial charge in [-0.25, -0.2) is 26.4 Å². The number of ketones is 1. The second kappa shape index (κ2) is 33.4. The van der Waals surface area contributed by atoms with Crippen molar-refractivity contribution in [2.75, 3.05) is 104 Å². The molecule has 2 aliphatic carbocycles. The monoisotopic (exact) mass is 1270 g/mol.